The van der Waals surface area contributed by atoms with E-state index in [1.54, 1.807) is 0 Å². The highest BCUT2D eigenvalue weighted by atomic mass is 35.5. The maximum Gasteiger partial charge on any atom is 0.256 e. The molecule has 5 heteroatoms. The summed E-state index contributed by atoms with van der Waals surface area (Å²) in [5.74, 6) is -0.249. The predicted octanol–water partition coefficient (Wildman–Crippen LogP) is 2.09. The molecule has 1 N–H and O–H groups in total. The van der Waals surface area contributed by atoms with Gasteiger partial charge in [-0.1, -0.05) is 0 Å². The lowest BCUT2D eigenvalue weighted by Gasteiger charge is -2.07. The molecule has 1 aromatic heterocycles. The number of furan rings is 1. The van der Waals surface area contributed by atoms with E-state index in [9.17, 15) is 4.79 Å². The minimum absolute atomic E-state index is 0.109. The molecule has 0 aliphatic heterocycles. The second-order valence-corrected chi connectivity index (χ2v) is 3.63. The molecule has 4 nitrogen and oxygen atoms in total. The van der Waals surface area contributed by atoms with E-state index in [1.165, 1.54) is 12.3 Å². The van der Waals surface area contributed by atoms with Crippen molar-refractivity contribution in [2.45, 2.75) is 20.0 Å². The molecule has 0 unspecified atom stereocenters. The van der Waals surface area contributed by atoms with Gasteiger partial charge in [0.25, 0.3) is 5.91 Å². The average Bonchev–Trinajstić information content (AvgIpc) is 2.58. The van der Waals surface area contributed by atoms with Crippen molar-refractivity contribution < 1.29 is 13.9 Å². The fourth-order valence-corrected chi connectivity index (χ4v) is 1.21. The maximum absolute atomic E-state index is 11.5. The van der Waals surface area contributed by atoms with Gasteiger partial charge in [-0.05, 0) is 31.5 Å². The van der Waals surface area contributed by atoms with E-state index in [2.05, 4.69) is 5.32 Å². The monoisotopic (exact) mass is 231 g/mol. The first-order chi connectivity index (χ1) is 7.11. The maximum atomic E-state index is 11.5. The number of ether oxygens (including phenoxy) is 1. The van der Waals surface area contributed by atoms with Crippen LogP contribution in [0.1, 0.15) is 24.2 Å². The molecule has 0 atom stereocenters. The van der Waals surface area contributed by atoms with E-state index in [4.69, 9.17) is 20.8 Å². The van der Waals surface area contributed by atoms with E-state index in [0.717, 1.165) is 0 Å². The molecule has 1 aromatic rings. The van der Waals surface area contributed by atoms with Crippen LogP contribution in [-0.2, 0) is 4.74 Å². The molecule has 1 heterocycles. The number of carbonyl (C=O) groups is 1. The first-order valence-electron chi connectivity index (χ1n) is 4.74. The van der Waals surface area contributed by atoms with E-state index < -0.39 is 0 Å². The van der Waals surface area contributed by atoms with Gasteiger partial charge in [0, 0.05) is 6.54 Å². The summed E-state index contributed by atoms with van der Waals surface area (Å²) < 4.78 is 10.1. The number of hydrogen-bond acceptors (Lipinski definition) is 3. The smallest absolute Gasteiger partial charge is 0.256 e. The Bertz CT molecular complexity index is 322. The summed E-state index contributed by atoms with van der Waals surface area (Å²) >= 11 is 5.64. The van der Waals surface area contributed by atoms with Crippen LogP contribution in [0.4, 0.5) is 0 Å². The van der Waals surface area contributed by atoms with Gasteiger partial charge < -0.3 is 14.5 Å². The Morgan fingerprint density at radius 3 is 2.93 bits per heavy atom. The van der Waals surface area contributed by atoms with Gasteiger partial charge in [-0.25, -0.2) is 0 Å². The van der Waals surface area contributed by atoms with Gasteiger partial charge in [0.05, 0.1) is 24.5 Å². The molecule has 0 spiro atoms. The Labute approximate surface area is 93.5 Å². The normalized spacial score (nSPS) is 10.7. The Kier molecular flexibility index (Phi) is 4.65. The lowest BCUT2D eigenvalue weighted by molar-refractivity contribution is 0.0746. The van der Waals surface area contributed by atoms with Crippen LogP contribution >= 0.6 is 11.6 Å². The molecular formula is C10H14ClNO3. The number of halogens is 1. The zero-order valence-electron chi connectivity index (χ0n) is 8.75. The van der Waals surface area contributed by atoms with Crippen molar-refractivity contribution in [1.29, 1.82) is 0 Å². The molecule has 1 rings (SSSR count). The first-order valence-corrected chi connectivity index (χ1v) is 5.12. The summed E-state index contributed by atoms with van der Waals surface area (Å²) in [6, 6.07) is 1.53. The quantitative estimate of drug-likeness (QED) is 0.790. The Hall–Kier alpha value is -1.00. The zero-order valence-corrected chi connectivity index (χ0v) is 9.50. The molecular weight excluding hydrogens is 218 g/mol. The van der Waals surface area contributed by atoms with Crippen LogP contribution in [0.2, 0.25) is 5.22 Å². The van der Waals surface area contributed by atoms with Crippen LogP contribution in [0.15, 0.2) is 16.7 Å². The van der Waals surface area contributed by atoms with Gasteiger partial charge >= 0.3 is 0 Å². The van der Waals surface area contributed by atoms with Crippen LogP contribution in [0, 0.1) is 0 Å². The zero-order chi connectivity index (χ0) is 11.3. The Morgan fingerprint density at radius 2 is 2.40 bits per heavy atom. The highest BCUT2D eigenvalue weighted by Gasteiger charge is 2.11. The summed E-state index contributed by atoms with van der Waals surface area (Å²) in [5, 5.41) is 2.78. The van der Waals surface area contributed by atoms with Gasteiger partial charge in [-0.2, -0.15) is 0 Å². The van der Waals surface area contributed by atoms with Crippen molar-refractivity contribution in [1.82, 2.24) is 5.32 Å². The van der Waals surface area contributed by atoms with Gasteiger partial charge in [0.15, 0.2) is 0 Å². The molecule has 0 aliphatic carbocycles. The lowest BCUT2D eigenvalue weighted by atomic mass is 10.3. The molecule has 0 saturated heterocycles. The van der Waals surface area contributed by atoms with Crippen LogP contribution in [0.25, 0.3) is 0 Å². The van der Waals surface area contributed by atoms with Crippen molar-refractivity contribution >= 4 is 17.5 Å². The minimum atomic E-state index is -0.249. The van der Waals surface area contributed by atoms with Gasteiger partial charge in [0.2, 0.25) is 5.22 Å². The molecule has 0 saturated carbocycles. The summed E-state index contributed by atoms with van der Waals surface area (Å²) in [6.07, 6.45) is 1.54. The third kappa shape index (κ3) is 3.93. The third-order valence-electron chi connectivity index (χ3n) is 1.70. The van der Waals surface area contributed by atoms with Crippen molar-refractivity contribution in [2.75, 3.05) is 13.2 Å². The summed E-state index contributed by atoms with van der Waals surface area (Å²) in [5.41, 5.74) is 0.348. The second-order valence-electron chi connectivity index (χ2n) is 3.28. The number of rotatable bonds is 5. The number of carbonyl (C=O) groups excluding carboxylic acids is 1. The van der Waals surface area contributed by atoms with Crippen molar-refractivity contribution in [3.63, 3.8) is 0 Å². The standard InChI is InChI=1S/C10H14ClNO3/c1-7(2)14-6-4-12-10(13)8-3-5-15-9(8)11/h3,5,7H,4,6H2,1-2H3,(H,12,13). The third-order valence-corrected chi connectivity index (χ3v) is 1.99. The van der Waals surface area contributed by atoms with Gasteiger partial charge in [-0.3, -0.25) is 4.79 Å². The van der Waals surface area contributed by atoms with Crippen LogP contribution in [0.5, 0.6) is 0 Å². The molecule has 1 amide bonds. The van der Waals surface area contributed by atoms with Crippen LogP contribution < -0.4 is 5.32 Å². The van der Waals surface area contributed by atoms with E-state index in [-0.39, 0.29) is 17.2 Å². The molecule has 84 valence electrons. The number of hydrogen-bond donors (Lipinski definition) is 1. The van der Waals surface area contributed by atoms with Crippen molar-refractivity contribution in [3.8, 4) is 0 Å². The topological polar surface area (TPSA) is 51.5 Å². The molecule has 0 radical (unpaired) electrons. The number of nitrogens with one attached hydrogen (secondary N) is 1. The second kappa shape index (κ2) is 5.78. The molecule has 0 aliphatic rings. The highest BCUT2D eigenvalue weighted by Crippen LogP contribution is 2.15. The fourth-order valence-electron chi connectivity index (χ4n) is 1.01. The van der Waals surface area contributed by atoms with E-state index in [1.807, 2.05) is 13.8 Å². The number of amides is 1. The van der Waals surface area contributed by atoms with Crippen molar-refractivity contribution in [3.05, 3.63) is 23.1 Å². The Balaban J connectivity index is 2.28. The minimum Gasteiger partial charge on any atom is -0.452 e. The molecule has 0 fully saturated rings. The fraction of sp³-hybridized carbons (Fsp3) is 0.500. The largest absolute Gasteiger partial charge is 0.452 e. The molecule has 0 aromatic carbocycles. The Morgan fingerprint density at radius 1 is 1.67 bits per heavy atom. The van der Waals surface area contributed by atoms with Crippen LogP contribution in [-0.4, -0.2) is 25.2 Å². The summed E-state index contributed by atoms with van der Waals surface area (Å²) in [7, 11) is 0. The van der Waals surface area contributed by atoms with Gasteiger partial charge in [-0.15, -0.1) is 0 Å². The van der Waals surface area contributed by atoms with Gasteiger partial charge in [0.1, 0.15) is 0 Å². The average molecular weight is 232 g/mol. The van der Waals surface area contributed by atoms with Crippen LogP contribution in [0.3, 0.4) is 0 Å². The summed E-state index contributed by atoms with van der Waals surface area (Å²) in [4.78, 5) is 11.5. The SMILES string of the molecule is CC(C)OCCNC(=O)c1ccoc1Cl. The summed E-state index contributed by atoms with van der Waals surface area (Å²) in [6.45, 7) is 4.82. The lowest BCUT2D eigenvalue weighted by Crippen LogP contribution is -2.27. The molecule has 0 bridgehead atoms. The van der Waals surface area contributed by atoms with E-state index in [0.29, 0.717) is 18.7 Å². The van der Waals surface area contributed by atoms with Crippen molar-refractivity contribution in [2.24, 2.45) is 0 Å². The molecule has 15 heavy (non-hydrogen) atoms. The predicted molar refractivity (Wildman–Crippen MR) is 57.1 cm³/mol. The first kappa shape index (κ1) is 12.1. The van der Waals surface area contributed by atoms with E-state index >= 15 is 0 Å². The highest BCUT2D eigenvalue weighted by molar-refractivity contribution is 6.32.